The highest BCUT2D eigenvalue weighted by Gasteiger charge is 2.26. The highest BCUT2D eigenvalue weighted by atomic mass is 32.2. The maximum Gasteiger partial charge on any atom is 0.313 e. The fraction of sp³-hybridized carbons (Fsp3) is 0.769. The van der Waals surface area contributed by atoms with Crippen LogP contribution in [0.25, 0.3) is 0 Å². The molecule has 1 aliphatic carbocycles. The molecule has 7 heteroatoms. The Morgan fingerprint density at radius 2 is 2.20 bits per heavy atom. The normalized spacial score (nSPS) is 15.2. The monoisotopic (exact) mass is 298 g/mol. The molecule has 0 bridgehead atoms. The largest absolute Gasteiger partial charge is 0.481 e. The van der Waals surface area contributed by atoms with Crippen LogP contribution in [0.15, 0.2) is 5.16 Å². The van der Waals surface area contributed by atoms with Crippen LogP contribution < -0.4 is 0 Å². The molecule has 1 aromatic rings. The van der Waals surface area contributed by atoms with E-state index in [0.29, 0.717) is 5.16 Å². The molecule has 0 aromatic carbocycles. The van der Waals surface area contributed by atoms with Gasteiger partial charge in [-0.25, -0.2) is 0 Å². The molecule has 1 N–H and O–H groups in total. The molecule has 20 heavy (non-hydrogen) atoms. The summed E-state index contributed by atoms with van der Waals surface area (Å²) in [6, 6.07) is 0.726. The maximum absolute atomic E-state index is 10.7. The number of hydrogen-bond donors (Lipinski definition) is 1. The zero-order valence-electron chi connectivity index (χ0n) is 12.2. The van der Waals surface area contributed by atoms with E-state index in [9.17, 15) is 4.79 Å². The molecule has 0 amide bonds. The summed E-state index contributed by atoms with van der Waals surface area (Å²) < 4.78 is 2.07. The first-order valence-corrected chi connectivity index (χ1v) is 7.95. The fourth-order valence-corrected chi connectivity index (χ4v) is 2.82. The predicted octanol–water partition coefficient (Wildman–Crippen LogP) is 1.67. The summed E-state index contributed by atoms with van der Waals surface area (Å²) in [4.78, 5) is 13.1. The molecular weight excluding hydrogens is 276 g/mol. The lowest BCUT2D eigenvalue weighted by Crippen LogP contribution is -2.26. The van der Waals surface area contributed by atoms with Crippen molar-refractivity contribution in [1.29, 1.82) is 0 Å². The Kier molecular flexibility index (Phi) is 5.04. The van der Waals surface area contributed by atoms with Crippen molar-refractivity contribution in [3.8, 4) is 0 Å². The molecule has 1 aliphatic rings. The average molecular weight is 298 g/mol. The standard InChI is InChI=1S/C13H22N4O2S/c1-9(2)12-14-15-13(20-8-11(18)19)17(12)7-6-16(3)10-4-5-10/h9-10H,4-8H2,1-3H3,(H,18,19). The lowest BCUT2D eigenvalue weighted by Gasteiger charge is -2.18. The first-order valence-electron chi connectivity index (χ1n) is 6.97. The number of hydrogen-bond acceptors (Lipinski definition) is 5. The van der Waals surface area contributed by atoms with E-state index in [0.717, 1.165) is 25.0 Å². The van der Waals surface area contributed by atoms with Crippen molar-refractivity contribution in [2.24, 2.45) is 0 Å². The van der Waals surface area contributed by atoms with Crippen LogP contribution in [0.3, 0.4) is 0 Å². The highest BCUT2D eigenvalue weighted by molar-refractivity contribution is 7.99. The lowest BCUT2D eigenvalue weighted by molar-refractivity contribution is -0.133. The van der Waals surface area contributed by atoms with E-state index in [1.54, 1.807) is 0 Å². The van der Waals surface area contributed by atoms with Gasteiger partial charge in [0.05, 0.1) is 5.75 Å². The second-order valence-electron chi connectivity index (χ2n) is 5.54. The highest BCUT2D eigenvalue weighted by Crippen LogP contribution is 2.26. The van der Waals surface area contributed by atoms with Crippen LogP contribution in [-0.4, -0.2) is 56.1 Å². The average Bonchev–Trinajstić information content (AvgIpc) is 3.14. The van der Waals surface area contributed by atoms with Crippen molar-refractivity contribution < 1.29 is 9.90 Å². The number of likely N-dealkylation sites (N-methyl/N-ethyl adjacent to an activating group) is 1. The van der Waals surface area contributed by atoms with Gasteiger partial charge in [-0.05, 0) is 19.9 Å². The van der Waals surface area contributed by atoms with Gasteiger partial charge in [0.2, 0.25) is 0 Å². The molecule has 0 spiro atoms. The van der Waals surface area contributed by atoms with Gasteiger partial charge >= 0.3 is 5.97 Å². The molecule has 0 atom stereocenters. The molecule has 2 rings (SSSR count). The van der Waals surface area contributed by atoms with Gasteiger partial charge < -0.3 is 14.6 Å². The van der Waals surface area contributed by atoms with E-state index in [4.69, 9.17) is 5.11 Å². The van der Waals surface area contributed by atoms with Gasteiger partial charge in [-0.2, -0.15) is 0 Å². The second-order valence-corrected chi connectivity index (χ2v) is 6.48. The molecule has 0 unspecified atom stereocenters. The van der Waals surface area contributed by atoms with Crippen molar-refractivity contribution in [2.75, 3.05) is 19.3 Å². The van der Waals surface area contributed by atoms with Gasteiger partial charge in [-0.15, -0.1) is 10.2 Å². The zero-order valence-corrected chi connectivity index (χ0v) is 13.1. The minimum atomic E-state index is -0.828. The summed E-state index contributed by atoms with van der Waals surface area (Å²) in [5.41, 5.74) is 0. The van der Waals surface area contributed by atoms with E-state index < -0.39 is 5.97 Å². The lowest BCUT2D eigenvalue weighted by atomic mass is 10.2. The molecule has 0 radical (unpaired) electrons. The molecule has 1 saturated carbocycles. The van der Waals surface area contributed by atoms with Gasteiger partial charge in [0.15, 0.2) is 5.16 Å². The zero-order chi connectivity index (χ0) is 14.7. The number of rotatable bonds is 8. The van der Waals surface area contributed by atoms with Gasteiger partial charge in [0.25, 0.3) is 0 Å². The fourth-order valence-electron chi connectivity index (χ4n) is 2.13. The van der Waals surface area contributed by atoms with Crippen molar-refractivity contribution in [3.63, 3.8) is 0 Å². The van der Waals surface area contributed by atoms with E-state index >= 15 is 0 Å². The molecule has 112 valence electrons. The number of aliphatic carboxylic acids is 1. The molecule has 6 nitrogen and oxygen atoms in total. The minimum Gasteiger partial charge on any atom is -0.481 e. The third-order valence-electron chi connectivity index (χ3n) is 3.43. The van der Waals surface area contributed by atoms with Crippen molar-refractivity contribution in [1.82, 2.24) is 19.7 Å². The Balaban J connectivity index is 2.04. The second kappa shape index (κ2) is 6.58. The molecular formula is C13H22N4O2S. The van der Waals surface area contributed by atoms with E-state index in [1.165, 1.54) is 24.6 Å². The molecule has 1 fully saturated rings. The molecule has 1 heterocycles. The summed E-state index contributed by atoms with van der Waals surface area (Å²) in [7, 11) is 2.14. The van der Waals surface area contributed by atoms with Crippen LogP contribution >= 0.6 is 11.8 Å². The third kappa shape index (κ3) is 3.96. The van der Waals surface area contributed by atoms with Crippen molar-refractivity contribution >= 4 is 17.7 Å². The van der Waals surface area contributed by atoms with Crippen LogP contribution in [0.2, 0.25) is 0 Å². The Morgan fingerprint density at radius 3 is 2.75 bits per heavy atom. The Labute approximate surface area is 123 Å². The number of carboxylic acids is 1. The van der Waals surface area contributed by atoms with Crippen molar-refractivity contribution in [3.05, 3.63) is 5.82 Å². The first-order chi connectivity index (χ1) is 9.49. The summed E-state index contributed by atoms with van der Waals surface area (Å²) in [5, 5.41) is 17.9. The maximum atomic E-state index is 10.7. The molecule has 0 saturated heterocycles. The summed E-state index contributed by atoms with van der Waals surface area (Å²) in [5.74, 6) is 0.412. The molecule has 1 aromatic heterocycles. The van der Waals surface area contributed by atoms with Crippen LogP contribution in [0.4, 0.5) is 0 Å². The van der Waals surface area contributed by atoms with E-state index in [2.05, 4.69) is 40.6 Å². The smallest absolute Gasteiger partial charge is 0.313 e. The Bertz CT molecular complexity index is 471. The first kappa shape index (κ1) is 15.3. The number of carboxylic acid groups (broad SMARTS) is 1. The van der Waals surface area contributed by atoms with Gasteiger partial charge in [0.1, 0.15) is 5.82 Å². The van der Waals surface area contributed by atoms with Crippen LogP contribution in [0.5, 0.6) is 0 Å². The topological polar surface area (TPSA) is 71.2 Å². The molecule has 0 aliphatic heterocycles. The summed E-state index contributed by atoms with van der Waals surface area (Å²) >= 11 is 1.24. The number of aromatic nitrogens is 3. The SMILES string of the molecule is CC(C)c1nnc(SCC(=O)O)n1CCN(C)C1CC1. The van der Waals surface area contributed by atoms with E-state index in [1.807, 2.05) is 0 Å². The minimum absolute atomic E-state index is 0.0225. The summed E-state index contributed by atoms with van der Waals surface area (Å²) in [6.07, 6.45) is 2.58. The van der Waals surface area contributed by atoms with Crippen LogP contribution in [-0.2, 0) is 11.3 Å². The Hall–Kier alpha value is -1.08. The third-order valence-corrected chi connectivity index (χ3v) is 4.38. The van der Waals surface area contributed by atoms with Crippen LogP contribution in [0.1, 0.15) is 38.4 Å². The summed E-state index contributed by atoms with van der Waals surface area (Å²) in [6.45, 7) is 5.92. The van der Waals surface area contributed by atoms with Gasteiger partial charge in [0, 0.05) is 25.0 Å². The van der Waals surface area contributed by atoms with E-state index in [-0.39, 0.29) is 11.7 Å². The van der Waals surface area contributed by atoms with Crippen LogP contribution in [0, 0.1) is 0 Å². The number of thioether (sulfide) groups is 1. The quantitative estimate of drug-likeness (QED) is 0.736. The van der Waals surface area contributed by atoms with Crippen molar-refractivity contribution in [2.45, 2.75) is 50.4 Å². The number of nitrogens with zero attached hydrogens (tertiary/aromatic N) is 4. The Morgan fingerprint density at radius 1 is 1.50 bits per heavy atom. The predicted molar refractivity (Wildman–Crippen MR) is 78.1 cm³/mol. The van der Waals surface area contributed by atoms with Gasteiger partial charge in [-0.1, -0.05) is 25.6 Å². The number of carbonyl (C=O) groups is 1. The van der Waals surface area contributed by atoms with Gasteiger partial charge in [-0.3, -0.25) is 4.79 Å².